The van der Waals surface area contributed by atoms with Crippen molar-refractivity contribution in [3.05, 3.63) is 69.1 Å². The summed E-state index contributed by atoms with van der Waals surface area (Å²) in [6.45, 7) is 1.14. The van der Waals surface area contributed by atoms with Gasteiger partial charge in [-0.1, -0.05) is 48.0 Å². The number of halogens is 1. The summed E-state index contributed by atoms with van der Waals surface area (Å²) in [5.41, 5.74) is 3.76. The van der Waals surface area contributed by atoms with Crippen molar-refractivity contribution in [2.45, 2.75) is 38.6 Å². The lowest BCUT2D eigenvalue weighted by atomic mass is 9.89. The van der Waals surface area contributed by atoms with E-state index >= 15 is 0 Å². The molecule has 6 nitrogen and oxygen atoms in total. The highest BCUT2D eigenvalue weighted by Gasteiger charge is 2.19. The van der Waals surface area contributed by atoms with Crippen LogP contribution < -0.4 is 10.6 Å². The van der Waals surface area contributed by atoms with Gasteiger partial charge in [0.15, 0.2) is 6.61 Å². The molecule has 0 fully saturated rings. The lowest BCUT2D eigenvalue weighted by molar-refractivity contribution is -0.147. The van der Waals surface area contributed by atoms with Crippen molar-refractivity contribution >= 4 is 50.8 Å². The van der Waals surface area contributed by atoms with Gasteiger partial charge in [0.2, 0.25) is 0 Å². The number of carbonyl (C=O) groups excluding carboxylic acids is 3. The first kappa shape index (κ1) is 23.3. The zero-order valence-electron chi connectivity index (χ0n) is 18.3. The number of carbonyl (C=O) groups is 3. The van der Waals surface area contributed by atoms with Crippen LogP contribution in [0.1, 0.15) is 52.2 Å². The first-order chi connectivity index (χ1) is 15.9. The van der Waals surface area contributed by atoms with Gasteiger partial charge in [-0.05, 0) is 55.4 Å². The average Bonchev–Trinajstić information content (AvgIpc) is 3.17. The van der Waals surface area contributed by atoms with E-state index in [1.54, 1.807) is 0 Å². The summed E-state index contributed by atoms with van der Waals surface area (Å²) in [5.74, 6) is -1.55. The Morgan fingerprint density at radius 2 is 1.85 bits per heavy atom. The summed E-state index contributed by atoms with van der Waals surface area (Å²) < 4.78 is 5.90. The standard InChI is InChI=1S/C25H25ClN2O4S/c1-15(17-11-10-16-6-2-3-7-18(16)12-17)28-21(29)14-32-22(30)13-27-25(31)24-23(26)19-8-4-5-9-20(19)33-24/h4-5,8-12,15H,2-3,6-7,13-14H2,1H3,(H,27,31)(H,28,29). The smallest absolute Gasteiger partial charge is 0.325 e. The molecule has 2 N–H and O–H groups in total. The number of ether oxygens (including phenoxy) is 1. The fourth-order valence-corrected chi connectivity index (χ4v) is 5.41. The molecule has 2 aromatic carbocycles. The lowest BCUT2D eigenvalue weighted by Gasteiger charge is -2.20. The molecule has 8 heteroatoms. The van der Waals surface area contributed by atoms with Crippen LogP contribution >= 0.6 is 22.9 Å². The van der Waals surface area contributed by atoms with E-state index in [9.17, 15) is 14.4 Å². The van der Waals surface area contributed by atoms with Gasteiger partial charge in [0.05, 0.1) is 11.1 Å². The molecule has 0 saturated heterocycles. The molecule has 0 radical (unpaired) electrons. The highest BCUT2D eigenvalue weighted by molar-refractivity contribution is 7.21. The Kier molecular flexibility index (Phi) is 7.30. The Balaban J connectivity index is 1.23. The van der Waals surface area contributed by atoms with Gasteiger partial charge in [0.1, 0.15) is 11.4 Å². The van der Waals surface area contributed by atoms with Crippen LogP contribution in [0.15, 0.2) is 42.5 Å². The molecule has 1 atom stereocenters. The van der Waals surface area contributed by atoms with E-state index in [0.717, 1.165) is 28.5 Å². The Morgan fingerprint density at radius 3 is 2.64 bits per heavy atom. The highest BCUT2D eigenvalue weighted by atomic mass is 35.5. The van der Waals surface area contributed by atoms with E-state index in [1.807, 2.05) is 37.3 Å². The van der Waals surface area contributed by atoms with E-state index in [2.05, 4.69) is 22.8 Å². The maximum absolute atomic E-state index is 12.4. The van der Waals surface area contributed by atoms with Gasteiger partial charge in [-0.3, -0.25) is 14.4 Å². The van der Waals surface area contributed by atoms with Crippen molar-refractivity contribution in [2.75, 3.05) is 13.2 Å². The molecule has 1 heterocycles. The minimum absolute atomic E-state index is 0.196. The number of thiophene rings is 1. The molecule has 33 heavy (non-hydrogen) atoms. The topological polar surface area (TPSA) is 84.5 Å². The molecule has 0 spiro atoms. The van der Waals surface area contributed by atoms with Crippen LogP contribution in [0, 0.1) is 0 Å². The van der Waals surface area contributed by atoms with E-state index in [0.29, 0.717) is 9.90 Å². The van der Waals surface area contributed by atoms with Crippen molar-refractivity contribution in [3.63, 3.8) is 0 Å². The predicted molar refractivity (Wildman–Crippen MR) is 130 cm³/mol. The minimum Gasteiger partial charge on any atom is -0.454 e. The molecule has 1 aliphatic rings. The third kappa shape index (κ3) is 5.54. The monoisotopic (exact) mass is 484 g/mol. The van der Waals surface area contributed by atoms with E-state index in [1.165, 1.54) is 35.3 Å². The van der Waals surface area contributed by atoms with Crippen molar-refractivity contribution < 1.29 is 19.1 Å². The van der Waals surface area contributed by atoms with Crippen LogP contribution in [-0.2, 0) is 27.2 Å². The summed E-state index contributed by atoms with van der Waals surface area (Å²) in [4.78, 5) is 37.0. The Hall–Kier alpha value is -2.90. The van der Waals surface area contributed by atoms with Gasteiger partial charge in [0.25, 0.3) is 11.8 Å². The number of benzene rings is 2. The molecule has 4 rings (SSSR count). The van der Waals surface area contributed by atoms with Crippen LogP contribution in [0.3, 0.4) is 0 Å². The van der Waals surface area contributed by atoms with Gasteiger partial charge in [0, 0.05) is 10.1 Å². The molecule has 172 valence electrons. The van der Waals surface area contributed by atoms with Crippen LogP contribution in [0.4, 0.5) is 0 Å². The zero-order valence-corrected chi connectivity index (χ0v) is 19.9. The van der Waals surface area contributed by atoms with Gasteiger partial charge < -0.3 is 15.4 Å². The maximum atomic E-state index is 12.4. The predicted octanol–water partition coefficient (Wildman–Crippen LogP) is 4.58. The van der Waals surface area contributed by atoms with Crippen molar-refractivity contribution in [1.82, 2.24) is 10.6 Å². The molecule has 2 amide bonds. The van der Waals surface area contributed by atoms with Crippen molar-refractivity contribution in [1.29, 1.82) is 0 Å². The first-order valence-corrected chi connectivity index (χ1v) is 12.1. The minimum atomic E-state index is -0.697. The summed E-state index contributed by atoms with van der Waals surface area (Å²) in [6.07, 6.45) is 4.60. The van der Waals surface area contributed by atoms with Gasteiger partial charge in [-0.2, -0.15) is 0 Å². The number of nitrogens with one attached hydrogen (secondary N) is 2. The quantitative estimate of drug-likeness (QED) is 0.480. The molecule has 1 aromatic heterocycles. The van der Waals surface area contributed by atoms with E-state index in [-0.39, 0.29) is 12.6 Å². The molecule has 1 aliphatic carbocycles. The largest absolute Gasteiger partial charge is 0.454 e. The number of hydrogen-bond acceptors (Lipinski definition) is 5. The fourth-order valence-electron chi connectivity index (χ4n) is 3.98. The summed E-state index contributed by atoms with van der Waals surface area (Å²) >= 11 is 7.54. The second kappa shape index (κ2) is 10.4. The Labute approximate surface area is 201 Å². The average molecular weight is 485 g/mol. The maximum Gasteiger partial charge on any atom is 0.325 e. The third-order valence-corrected chi connectivity index (χ3v) is 7.42. The number of esters is 1. The lowest BCUT2D eigenvalue weighted by Crippen LogP contribution is -2.34. The van der Waals surface area contributed by atoms with Crippen LogP contribution in [0.5, 0.6) is 0 Å². The molecule has 1 unspecified atom stereocenters. The Morgan fingerprint density at radius 1 is 1.09 bits per heavy atom. The zero-order chi connectivity index (χ0) is 23.4. The normalized spacial score (nSPS) is 13.8. The number of hydrogen-bond donors (Lipinski definition) is 2. The highest BCUT2D eigenvalue weighted by Crippen LogP contribution is 2.34. The second-order valence-electron chi connectivity index (χ2n) is 8.11. The van der Waals surface area contributed by atoms with Gasteiger partial charge in [-0.25, -0.2) is 0 Å². The summed E-state index contributed by atoms with van der Waals surface area (Å²) in [5, 5.41) is 6.50. The third-order valence-electron chi connectivity index (χ3n) is 5.75. The first-order valence-electron chi connectivity index (χ1n) is 10.9. The van der Waals surface area contributed by atoms with Crippen molar-refractivity contribution in [2.24, 2.45) is 0 Å². The summed E-state index contributed by atoms with van der Waals surface area (Å²) in [7, 11) is 0. The van der Waals surface area contributed by atoms with Crippen LogP contribution in [0.25, 0.3) is 10.1 Å². The molecular formula is C25H25ClN2O4S. The molecular weight excluding hydrogens is 460 g/mol. The molecule has 0 bridgehead atoms. The van der Waals surface area contributed by atoms with E-state index in [4.69, 9.17) is 16.3 Å². The SMILES string of the molecule is CC(NC(=O)COC(=O)CNC(=O)c1sc2ccccc2c1Cl)c1ccc2c(c1)CCCC2. The number of amides is 2. The Bertz CT molecular complexity index is 1210. The van der Waals surface area contributed by atoms with Gasteiger partial charge >= 0.3 is 5.97 Å². The molecule has 0 aliphatic heterocycles. The van der Waals surface area contributed by atoms with Crippen molar-refractivity contribution in [3.8, 4) is 0 Å². The molecule has 3 aromatic rings. The number of fused-ring (bicyclic) bond motifs is 2. The van der Waals surface area contributed by atoms with E-state index < -0.39 is 24.4 Å². The molecule has 0 saturated carbocycles. The number of rotatable bonds is 7. The van der Waals surface area contributed by atoms with Gasteiger partial charge in [-0.15, -0.1) is 11.3 Å². The number of aryl methyl sites for hydroxylation is 2. The second-order valence-corrected chi connectivity index (χ2v) is 9.54. The van der Waals surface area contributed by atoms with Crippen LogP contribution in [0.2, 0.25) is 5.02 Å². The van der Waals surface area contributed by atoms with Crippen LogP contribution in [-0.4, -0.2) is 30.9 Å². The fraction of sp³-hybridized carbons (Fsp3) is 0.320. The summed E-state index contributed by atoms with van der Waals surface area (Å²) in [6, 6.07) is 13.6.